The first-order valence-electron chi connectivity index (χ1n) is 5.96. The number of halogens is 1. The van der Waals surface area contributed by atoms with Crippen LogP contribution in [0.4, 0.5) is 0 Å². The molecule has 108 valence electrons. The standard InChI is InChI=1S/C14H11ClN2O3S/c1-10(18)19-7-2-3-8-21-14-17-16-13(20-14)11-5-4-6-12(15)9-11/h4-6,9H,7-8H2,1H3. The highest BCUT2D eigenvalue weighted by Gasteiger charge is 2.08. The van der Waals surface area contributed by atoms with Crippen LogP contribution in [0.5, 0.6) is 0 Å². The summed E-state index contributed by atoms with van der Waals surface area (Å²) in [6.07, 6.45) is 0. The van der Waals surface area contributed by atoms with Gasteiger partial charge in [-0.05, 0) is 18.2 Å². The average Bonchev–Trinajstić information content (AvgIpc) is 2.91. The van der Waals surface area contributed by atoms with Crippen LogP contribution in [0.1, 0.15) is 6.92 Å². The van der Waals surface area contributed by atoms with E-state index in [1.54, 1.807) is 12.1 Å². The fourth-order valence-electron chi connectivity index (χ4n) is 1.34. The van der Waals surface area contributed by atoms with Gasteiger partial charge in [-0.25, -0.2) is 0 Å². The predicted octanol–water partition coefficient (Wildman–Crippen LogP) is 3.05. The summed E-state index contributed by atoms with van der Waals surface area (Å²) >= 11 is 7.22. The molecule has 0 radical (unpaired) electrons. The molecule has 21 heavy (non-hydrogen) atoms. The topological polar surface area (TPSA) is 65.2 Å². The number of ether oxygens (including phenoxy) is 1. The number of aromatic nitrogens is 2. The molecule has 7 heteroatoms. The van der Waals surface area contributed by atoms with Crippen LogP contribution in [0.15, 0.2) is 33.9 Å². The molecule has 5 nitrogen and oxygen atoms in total. The van der Waals surface area contributed by atoms with Crippen LogP contribution in [0.25, 0.3) is 11.5 Å². The lowest BCUT2D eigenvalue weighted by Crippen LogP contribution is -1.97. The zero-order valence-electron chi connectivity index (χ0n) is 11.1. The number of esters is 1. The van der Waals surface area contributed by atoms with Gasteiger partial charge in [0.15, 0.2) is 6.61 Å². The number of hydrogen-bond donors (Lipinski definition) is 0. The van der Waals surface area contributed by atoms with Gasteiger partial charge in [0.25, 0.3) is 5.22 Å². The molecule has 2 aromatic rings. The smallest absolute Gasteiger partial charge is 0.303 e. The number of carbonyl (C=O) groups is 1. The summed E-state index contributed by atoms with van der Waals surface area (Å²) in [6, 6.07) is 7.18. The van der Waals surface area contributed by atoms with Crippen molar-refractivity contribution in [2.24, 2.45) is 0 Å². The Hall–Kier alpha value is -1.97. The van der Waals surface area contributed by atoms with Crippen LogP contribution in [-0.4, -0.2) is 28.5 Å². The van der Waals surface area contributed by atoms with Crippen molar-refractivity contribution < 1.29 is 13.9 Å². The second kappa shape index (κ2) is 7.72. The molecule has 1 heterocycles. The predicted molar refractivity (Wildman–Crippen MR) is 79.9 cm³/mol. The highest BCUT2D eigenvalue weighted by Crippen LogP contribution is 2.24. The maximum absolute atomic E-state index is 10.5. The zero-order chi connectivity index (χ0) is 15.1. The summed E-state index contributed by atoms with van der Waals surface area (Å²) in [5, 5.41) is 8.90. The lowest BCUT2D eigenvalue weighted by atomic mass is 10.2. The lowest BCUT2D eigenvalue weighted by Gasteiger charge is -1.94. The van der Waals surface area contributed by atoms with Gasteiger partial charge in [-0.15, -0.1) is 10.2 Å². The maximum atomic E-state index is 10.5. The van der Waals surface area contributed by atoms with E-state index < -0.39 is 0 Å². The van der Waals surface area contributed by atoms with E-state index in [1.807, 2.05) is 12.1 Å². The fraction of sp³-hybridized carbons (Fsp3) is 0.214. The molecule has 0 N–H and O–H groups in total. The van der Waals surface area contributed by atoms with E-state index in [4.69, 9.17) is 16.0 Å². The van der Waals surface area contributed by atoms with Gasteiger partial charge in [0.2, 0.25) is 5.89 Å². The third-order valence-electron chi connectivity index (χ3n) is 2.22. The molecular formula is C14H11ClN2O3S. The van der Waals surface area contributed by atoms with Gasteiger partial charge in [-0.2, -0.15) is 0 Å². The fourth-order valence-corrected chi connectivity index (χ4v) is 2.07. The van der Waals surface area contributed by atoms with E-state index in [9.17, 15) is 4.79 Å². The molecular weight excluding hydrogens is 312 g/mol. The second-order valence-corrected chi connectivity index (χ2v) is 5.17. The minimum Gasteiger partial charge on any atom is -0.453 e. The van der Waals surface area contributed by atoms with Crippen molar-refractivity contribution >= 4 is 29.3 Å². The Morgan fingerprint density at radius 1 is 1.43 bits per heavy atom. The molecule has 0 aliphatic carbocycles. The van der Waals surface area contributed by atoms with Crippen molar-refractivity contribution in [2.75, 3.05) is 12.4 Å². The highest BCUT2D eigenvalue weighted by molar-refractivity contribution is 7.99. The first kappa shape index (κ1) is 15.4. The molecule has 0 saturated heterocycles. The first-order valence-corrected chi connectivity index (χ1v) is 7.33. The van der Waals surface area contributed by atoms with E-state index in [2.05, 4.69) is 26.8 Å². The summed E-state index contributed by atoms with van der Waals surface area (Å²) in [5.41, 5.74) is 0.766. The minimum absolute atomic E-state index is 0.0908. The Kier molecular flexibility index (Phi) is 5.67. The Balaban J connectivity index is 1.87. The highest BCUT2D eigenvalue weighted by atomic mass is 35.5. The van der Waals surface area contributed by atoms with Crippen LogP contribution in [0, 0.1) is 11.8 Å². The van der Waals surface area contributed by atoms with Gasteiger partial charge >= 0.3 is 5.97 Å². The lowest BCUT2D eigenvalue weighted by molar-refractivity contribution is -0.139. The third-order valence-corrected chi connectivity index (χ3v) is 3.15. The maximum Gasteiger partial charge on any atom is 0.303 e. The molecule has 0 aliphatic heterocycles. The van der Waals surface area contributed by atoms with E-state index in [0.717, 1.165) is 5.56 Å². The van der Waals surface area contributed by atoms with Crippen LogP contribution in [0.3, 0.4) is 0 Å². The summed E-state index contributed by atoms with van der Waals surface area (Å²) in [4.78, 5) is 10.5. The molecule has 0 fully saturated rings. The van der Waals surface area contributed by atoms with Crippen molar-refractivity contribution in [2.45, 2.75) is 12.1 Å². The van der Waals surface area contributed by atoms with Crippen molar-refractivity contribution in [3.8, 4) is 23.3 Å². The molecule has 0 amide bonds. The van der Waals surface area contributed by atoms with Crippen molar-refractivity contribution in [1.82, 2.24) is 10.2 Å². The molecule has 0 unspecified atom stereocenters. The third kappa shape index (κ3) is 5.14. The van der Waals surface area contributed by atoms with Gasteiger partial charge in [-0.1, -0.05) is 41.3 Å². The van der Waals surface area contributed by atoms with Crippen LogP contribution in [-0.2, 0) is 9.53 Å². The van der Waals surface area contributed by atoms with Gasteiger partial charge in [0.1, 0.15) is 0 Å². The summed E-state index contributed by atoms with van der Waals surface area (Å²) < 4.78 is 10.2. The number of thioether (sulfide) groups is 1. The van der Waals surface area contributed by atoms with Crippen LogP contribution < -0.4 is 0 Å². The van der Waals surface area contributed by atoms with E-state index in [1.165, 1.54) is 18.7 Å². The van der Waals surface area contributed by atoms with Gasteiger partial charge in [0.05, 0.1) is 5.75 Å². The molecule has 0 saturated carbocycles. The molecule has 0 spiro atoms. The largest absolute Gasteiger partial charge is 0.453 e. The Labute approximate surface area is 131 Å². The minimum atomic E-state index is -0.347. The molecule has 1 aromatic heterocycles. The van der Waals surface area contributed by atoms with E-state index >= 15 is 0 Å². The number of hydrogen-bond acceptors (Lipinski definition) is 6. The molecule has 1 aromatic carbocycles. The summed E-state index contributed by atoms with van der Waals surface area (Å²) in [7, 11) is 0. The Morgan fingerprint density at radius 3 is 3.05 bits per heavy atom. The van der Waals surface area contributed by atoms with Gasteiger partial charge < -0.3 is 9.15 Å². The molecule has 0 aliphatic rings. The van der Waals surface area contributed by atoms with Crippen molar-refractivity contribution in [3.05, 3.63) is 29.3 Å². The van der Waals surface area contributed by atoms with Gasteiger partial charge in [0, 0.05) is 17.5 Å². The SMILES string of the molecule is CC(=O)OCC#CCSc1nnc(-c2cccc(Cl)c2)o1. The first-order chi connectivity index (χ1) is 10.1. The zero-order valence-corrected chi connectivity index (χ0v) is 12.7. The number of nitrogens with zero attached hydrogens (tertiary/aromatic N) is 2. The molecule has 0 atom stereocenters. The number of rotatable bonds is 4. The summed E-state index contributed by atoms with van der Waals surface area (Å²) in [6.45, 7) is 1.43. The monoisotopic (exact) mass is 322 g/mol. The second-order valence-electron chi connectivity index (χ2n) is 3.81. The number of benzene rings is 1. The Bertz CT molecular complexity index is 691. The van der Waals surface area contributed by atoms with E-state index in [-0.39, 0.29) is 12.6 Å². The van der Waals surface area contributed by atoms with E-state index in [0.29, 0.717) is 21.9 Å². The van der Waals surface area contributed by atoms with Gasteiger partial charge in [-0.3, -0.25) is 4.79 Å². The normalized spacial score (nSPS) is 9.81. The summed E-state index contributed by atoms with van der Waals surface area (Å²) in [5.74, 6) is 6.08. The van der Waals surface area contributed by atoms with Crippen LogP contribution >= 0.6 is 23.4 Å². The Morgan fingerprint density at radius 2 is 2.29 bits per heavy atom. The molecule has 2 rings (SSSR count). The van der Waals surface area contributed by atoms with Crippen LogP contribution in [0.2, 0.25) is 5.02 Å². The quantitative estimate of drug-likeness (QED) is 0.489. The van der Waals surface area contributed by atoms with Crippen molar-refractivity contribution in [3.63, 3.8) is 0 Å². The van der Waals surface area contributed by atoms with Crippen molar-refractivity contribution in [1.29, 1.82) is 0 Å². The molecule has 0 bridgehead atoms. The number of carbonyl (C=O) groups excluding carboxylic acids is 1. The average molecular weight is 323 g/mol.